The number of aliphatic hydroxyl groups excluding tert-OH is 1. The highest BCUT2D eigenvalue weighted by molar-refractivity contribution is 5.51. The fourth-order valence-corrected chi connectivity index (χ4v) is 2.06. The Morgan fingerprint density at radius 1 is 0.826 bits per heavy atom. The van der Waals surface area contributed by atoms with Crippen LogP contribution in [0.1, 0.15) is 25.7 Å². The van der Waals surface area contributed by atoms with Gasteiger partial charge in [-0.3, -0.25) is 0 Å². The summed E-state index contributed by atoms with van der Waals surface area (Å²) in [5, 5.41) is 26.0. The van der Waals surface area contributed by atoms with Crippen LogP contribution in [0.3, 0.4) is 0 Å². The van der Waals surface area contributed by atoms with Crippen LogP contribution in [0, 0.1) is 0 Å². The van der Waals surface area contributed by atoms with Crippen LogP contribution >= 0.6 is 0 Å². The molecule has 0 saturated heterocycles. The molecule has 0 amide bonds. The molecule has 0 unspecified atom stereocenters. The van der Waals surface area contributed by atoms with Crippen LogP contribution in [0.5, 0.6) is 5.75 Å². The topological polar surface area (TPSA) is 74.4 Å². The highest BCUT2D eigenvalue weighted by atomic mass is 16.5. The third kappa shape index (κ3) is 6.59. The van der Waals surface area contributed by atoms with Crippen molar-refractivity contribution >= 4 is 11.4 Å². The molecule has 0 bridgehead atoms. The van der Waals surface area contributed by atoms with Crippen LogP contribution in [-0.2, 0) is 0 Å². The number of azo groups is 1. The average Bonchev–Trinajstić information content (AvgIpc) is 2.57. The first-order valence-electron chi connectivity index (χ1n) is 7.80. The van der Waals surface area contributed by atoms with Crippen LogP contribution in [0.15, 0.2) is 64.8 Å². The molecule has 0 heterocycles. The van der Waals surface area contributed by atoms with E-state index in [-0.39, 0.29) is 0 Å². The molecule has 0 radical (unpaired) electrons. The van der Waals surface area contributed by atoms with E-state index < -0.39 is 6.29 Å². The molecule has 2 aromatic rings. The molecule has 2 rings (SSSR count). The summed E-state index contributed by atoms with van der Waals surface area (Å²) in [4.78, 5) is 0. The Hall–Kier alpha value is -2.24. The number of rotatable bonds is 9. The minimum Gasteiger partial charge on any atom is -0.491 e. The summed E-state index contributed by atoms with van der Waals surface area (Å²) < 4.78 is 5.75. The highest BCUT2D eigenvalue weighted by Crippen LogP contribution is 2.28. The van der Waals surface area contributed by atoms with E-state index in [1.54, 1.807) is 0 Å². The molecule has 122 valence electrons. The van der Waals surface area contributed by atoms with Crippen LogP contribution in [0.2, 0.25) is 0 Å². The number of hydrogen-bond donors (Lipinski definition) is 2. The van der Waals surface area contributed by atoms with Gasteiger partial charge in [0.2, 0.25) is 0 Å². The third-order valence-electron chi connectivity index (χ3n) is 3.26. The third-order valence-corrected chi connectivity index (χ3v) is 3.26. The lowest BCUT2D eigenvalue weighted by atomic mass is 10.2. The maximum Gasteiger partial charge on any atom is 0.151 e. The number of nitrogens with zero attached hydrogens (tertiary/aromatic N) is 2. The zero-order chi connectivity index (χ0) is 16.3. The molecule has 0 aromatic heterocycles. The normalized spacial score (nSPS) is 11.3. The second kappa shape index (κ2) is 9.71. The number of benzene rings is 2. The fraction of sp³-hybridized carbons (Fsp3) is 0.333. The molecule has 0 spiro atoms. The molecule has 0 aliphatic rings. The first-order chi connectivity index (χ1) is 11.3. The molecule has 0 atom stereocenters. The van der Waals surface area contributed by atoms with Crippen molar-refractivity contribution in [3.8, 4) is 5.75 Å². The predicted octanol–water partition coefficient (Wildman–Crippen LogP) is 4.35. The van der Waals surface area contributed by atoms with Gasteiger partial charge in [-0.05, 0) is 49.9 Å². The van der Waals surface area contributed by atoms with E-state index in [1.807, 2.05) is 54.6 Å². The number of aliphatic hydroxyl groups is 2. The molecule has 2 aromatic carbocycles. The summed E-state index contributed by atoms with van der Waals surface area (Å²) in [5.41, 5.74) is 1.49. The largest absolute Gasteiger partial charge is 0.491 e. The van der Waals surface area contributed by atoms with Gasteiger partial charge < -0.3 is 14.9 Å². The molecule has 5 nitrogen and oxygen atoms in total. The summed E-state index contributed by atoms with van der Waals surface area (Å²) in [6.45, 7) is 0.569. The van der Waals surface area contributed by atoms with E-state index in [9.17, 15) is 0 Å². The Balaban J connectivity index is 1.84. The fourth-order valence-electron chi connectivity index (χ4n) is 2.06. The van der Waals surface area contributed by atoms with E-state index in [0.29, 0.717) is 24.5 Å². The number of unbranched alkanes of at least 4 members (excludes halogenated alkanes) is 2. The van der Waals surface area contributed by atoms with E-state index in [2.05, 4.69) is 10.2 Å². The van der Waals surface area contributed by atoms with Gasteiger partial charge >= 0.3 is 0 Å². The maximum absolute atomic E-state index is 8.78. The Labute approximate surface area is 136 Å². The van der Waals surface area contributed by atoms with Gasteiger partial charge in [0.25, 0.3) is 0 Å². The Morgan fingerprint density at radius 2 is 1.57 bits per heavy atom. The van der Waals surface area contributed by atoms with Crippen molar-refractivity contribution in [1.29, 1.82) is 0 Å². The summed E-state index contributed by atoms with van der Waals surface area (Å²) in [7, 11) is 0. The zero-order valence-electron chi connectivity index (χ0n) is 13.0. The van der Waals surface area contributed by atoms with Gasteiger partial charge in [-0.15, -0.1) is 5.11 Å². The van der Waals surface area contributed by atoms with Gasteiger partial charge in [-0.2, -0.15) is 5.11 Å². The van der Waals surface area contributed by atoms with E-state index in [1.165, 1.54) is 0 Å². The molecule has 23 heavy (non-hydrogen) atoms. The van der Waals surface area contributed by atoms with Gasteiger partial charge in [0.05, 0.1) is 12.3 Å². The van der Waals surface area contributed by atoms with Crippen molar-refractivity contribution in [3.63, 3.8) is 0 Å². The van der Waals surface area contributed by atoms with E-state index in [4.69, 9.17) is 14.9 Å². The molecule has 0 fully saturated rings. The number of para-hydroxylation sites is 1. The van der Waals surface area contributed by atoms with Gasteiger partial charge in [0.15, 0.2) is 6.29 Å². The molecule has 2 N–H and O–H groups in total. The Kier molecular flexibility index (Phi) is 7.23. The second-order valence-electron chi connectivity index (χ2n) is 5.18. The zero-order valence-corrected chi connectivity index (χ0v) is 13.0. The number of ether oxygens (including phenoxy) is 1. The first kappa shape index (κ1) is 17.1. The SMILES string of the molecule is OC(O)CCCCCOc1ccccc1N=Nc1ccccc1. The summed E-state index contributed by atoms with van der Waals surface area (Å²) in [5.74, 6) is 0.703. The van der Waals surface area contributed by atoms with Crippen LogP contribution < -0.4 is 4.74 Å². The van der Waals surface area contributed by atoms with Crippen molar-refractivity contribution in [2.75, 3.05) is 6.61 Å². The maximum atomic E-state index is 8.78. The van der Waals surface area contributed by atoms with Crippen molar-refractivity contribution in [3.05, 3.63) is 54.6 Å². The molecule has 0 aliphatic heterocycles. The molecular formula is C18H22N2O3. The minimum absolute atomic E-state index is 0.405. The van der Waals surface area contributed by atoms with Gasteiger partial charge in [0, 0.05) is 0 Å². The van der Waals surface area contributed by atoms with Crippen molar-refractivity contribution in [2.45, 2.75) is 32.0 Å². The van der Waals surface area contributed by atoms with Crippen molar-refractivity contribution in [1.82, 2.24) is 0 Å². The quantitative estimate of drug-likeness (QED) is 0.410. The average molecular weight is 314 g/mol. The summed E-state index contributed by atoms with van der Waals surface area (Å²) >= 11 is 0. The van der Waals surface area contributed by atoms with E-state index in [0.717, 1.165) is 24.9 Å². The van der Waals surface area contributed by atoms with Crippen molar-refractivity contribution in [2.24, 2.45) is 10.2 Å². The van der Waals surface area contributed by atoms with Crippen LogP contribution in [0.4, 0.5) is 11.4 Å². The van der Waals surface area contributed by atoms with Gasteiger partial charge in [-0.25, -0.2) is 0 Å². The van der Waals surface area contributed by atoms with Gasteiger partial charge in [0.1, 0.15) is 11.4 Å². The Morgan fingerprint density at radius 3 is 2.35 bits per heavy atom. The first-order valence-corrected chi connectivity index (χ1v) is 7.80. The molecular weight excluding hydrogens is 292 g/mol. The highest BCUT2D eigenvalue weighted by Gasteiger charge is 2.02. The lowest BCUT2D eigenvalue weighted by Crippen LogP contribution is -2.04. The Bertz CT molecular complexity index is 600. The smallest absolute Gasteiger partial charge is 0.151 e. The van der Waals surface area contributed by atoms with E-state index >= 15 is 0 Å². The standard InChI is InChI=1S/C18H22N2O3/c21-18(22)13-5-2-8-14-23-17-12-7-6-11-16(17)20-19-15-9-3-1-4-10-15/h1,3-4,6-7,9-12,18,21-22H,2,5,8,13-14H2. The molecule has 5 heteroatoms. The number of hydrogen-bond acceptors (Lipinski definition) is 5. The molecule has 0 aliphatic carbocycles. The summed E-state index contributed by atoms with van der Waals surface area (Å²) in [6.07, 6.45) is 1.72. The second-order valence-corrected chi connectivity index (χ2v) is 5.18. The van der Waals surface area contributed by atoms with Gasteiger partial charge in [-0.1, -0.05) is 30.3 Å². The van der Waals surface area contributed by atoms with Crippen molar-refractivity contribution < 1.29 is 14.9 Å². The lowest BCUT2D eigenvalue weighted by Gasteiger charge is -2.08. The summed E-state index contributed by atoms with van der Waals surface area (Å²) in [6, 6.07) is 17.1. The van der Waals surface area contributed by atoms with Crippen LogP contribution in [-0.4, -0.2) is 23.1 Å². The monoisotopic (exact) mass is 314 g/mol. The minimum atomic E-state index is -1.21. The molecule has 0 saturated carbocycles. The van der Waals surface area contributed by atoms with Crippen LogP contribution in [0.25, 0.3) is 0 Å². The lowest BCUT2D eigenvalue weighted by molar-refractivity contribution is -0.0466. The predicted molar refractivity (Wildman–Crippen MR) is 89.2 cm³/mol.